The van der Waals surface area contributed by atoms with Gasteiger partial charge in [-0.25, -0.2) is 4.98 Å². The Morgan fingerprint density at radius 3 is 2.64 bits per heavy atom. The molecule has 2 aromatic heterocycles. The van der Waals surface area contributed by atoms with E-state index in [-0.39, 0.29) is 0 Å². The first kappa shape index (κ1) is 13.6. The van der Waals surface area contributed by atoms with E-state index in [1.807, 2.05) is 65.5 Å². The number of halogens is 2. The molecule has 0 bridgehead atoms. The quantitative estimate of drug-likeness (QED) is 0.451. The predicted molar refractivity (Wildman–Crippen MR) is 91.5 cm³/mol. The lowest BCUT2D eigenvalue weighted by atomic mass is 10.2. The molecule has 0 unspecified atom stereocenters. The van der Waals surface area contributed by atoms with Gasteiger partial charge in [0.15, 0.2) is 5.58 Å². The number of oxazole rings is 1. The maximum absolute atomic E-state index is 6.27. The summed E-state index contributed by atoms with van der Waals surface area (Å²) in [6.45, 7) is 0. The zero-order valence-corrected chi connectivity index (χ0v) is 13.7. The number of hydrogen-bond acceptors (Lipinski definition) is 2. The summed E-state index contributed by atoms with van der Waals surface area (Å²) in [5, 5.41) is 0.603. The van der Waals surface area contributed by atoms with E-state index in [1.54, 1.807) is 0 Å². The minimum atomic E-state index is 0.525. The molecule has 0 aliphatic carbocycles. The SMILES string of the molecule is Clc1cc(Br)ccc1-c1nc2cc(-n3cccc3)ccc2o1. The zero-order chi connectivity index (χ0) is 15.1. The number of aromatic nitrogens is 2. The van der Waals surface area contributed by atoms with Gasteiger partial charge in [0.1, 0.15) is 5.52 Å². The first-order chi connectivity index (χ1) is 10.7. The lowest BCUT2D eigenvalue weighted by Gasteiger charge is -2.00. The van der Waals surface area contributed by atoms with Crippen molar-refractivity contribution in [2.45, 2.75) is 0 Å². The second-order valence-corrected chi connectivity index (χ2v) is 6.21. The van der Waals surface area contributed by atoms with Crippen LogP contribution in [0.1, 0.15) is 0 Å². The van der Waals surface area contributed by atoms with Crippen LogP contribution in [0.25, 0.3) is 28.2 Å². The van der Waals surface area contributed by atoms with Crippen LogP contribution in [0, 0.1) is 0 Å². The normalized spacial score (nSPS) is 11.2. The summed E-state index contributed by atoms with van der Waals surface area (Å²) in [4.78, 5) is 4.56. The van der Waals surface area contributed by atoms with E-state index < -0.39 is 0 Å². The van der Waals surface area contributed by atoms with E-state index in [0.29, 0.717) is 10.9 Å². The summed E-state index contributed by atoms with van der Waals surface area (Å²) >= 11 is 9.67. The molecule has 5 heteroatoms. The van der Waals surface area contributed by atoms with Crippen molar-refractivity contribution in [3.63, 3.8) is 0 Å². The van der Waals surface area contributed by atoms with Gasteiger partial charge >= 0.3 is 0 Å². The molecule has 0 fully saturated rings. The van der Waals surface area contributed by atoms with Gasteiger partial charge in [-0.05, 0) is 48.5 Å². The largest absolute Gasteiger partial charge is 0.436 e. The molecule has 0 saturated heterocycles. The van der Waals surface area contributed by atoms with Gasteiger partial charge in [-0.1, -0.05) is 27.5 Å². The van der Waals surface area contributed by atoms with Gasteiger partial charge in [-0.2, -0.15) is 0 Å². The Morgan fingerprint density at radius 1 is 1.05 bits per heavy atom. The van der Waals surface area contributed by atoms with Gasteiger partial charge in [0.25, 0.3) is 0 Å². The lowest BCUT2D eigenvalue weighted by Crippen LogP contribution is -1.88. The van der Waals surface area contributed by atoms with E-state index in [9.17, 15) is 0 Å². The van der Waals surface area contributed by atoms with Crippen LogP contribution in [0.4, 0.5) is 0 Å². The number of nitrogens with zero attached hydrogens (tertiary/aromatic N) is 2. The Balaban J connectivity index is 1.84. The number of rotatable bonds is 2. The molecular formula is C17H10BrClN2O. The van der Waals surface area contributed by atoms with Crippen LogP contribution in [-0.2, 0) is 0 Å². The molecule has 0 N–H and O–H groups in total. The standard InChI is InChI=1S/C17H10BrClN2O/c18-11-3-5-13(14(19)9-11)17-20-15-10-12(4-6-16(15)22-17)21-7-1-2-8-21/h1-10H. The van der Waals surface area contributed by atoms with Gasteiger partial charge < -0.3 is 8.98 Å². The highest BCUT2D eigenvalue weighted by Crippen LogP contribution is 2.32. The Labute approximate surface area is 140 Å². The van der Waals surface area contributed by atoms with Gasteiger partial charge in [-0.3, -0.25) is 0 Å². The molecule has 0 saturated carbocycles. The maximum atomic E-state index is 6.27. The van der Waals surface area contributed by atoms with E-state index >= 15 is 0 Å². The molecule has 2 aromatic carbocycles. The van der Waals surface area contributed by atoms with Crippen molar-refractivity contribution in [1.82, 2.24) is 9.55 Å². The monoisotopic (exact) mass is 372 g/mol. The van der Waals surface area contributed by atoms with Gasteiger partial charge in [-0.15, -0.1) is 0 Å². The molecule has 0 spiro atoms. The Hall–Kier alpha value is -2.04. The molecule has 4 rings (SSSR count). The molecule has 2 heterocycles. The molecule has 3 nitrogen and oxygen atoms in total. The second kappa shape index (κ2) is 5.30. The van der Waals surface area contributed by atoms with E-state index in [2.05, 4.69) is 20.9 Å². The third-order valence-corrected chi connectivity index (χ3v) is 4.24. The number of benzene rings is 2. The topological polar surface area (TPSA) is 31.0 Å². The molecule has 0 aliphatic heterocycles. The van der Waals surface area contributed by atoms with Crippen molar-refractivity contribution in [2.75, 3.05) is 0 Å². The van der Waals surface area contributed by atoms with Crippen LogP contribution in [0.2, 0.25) is 5.02 Å². The molecule has 4 aromatic rings. The van der Waals surface area contributed by atoms with Gasteiger partial charge in [0, 0.05) is 22.6 Å². The Morgan fingerprint density at radius 2 is 1.86 bits per heavy atom. The molecule has 0 aliphatic rings. The van der Waals surface area contributed by atoms with Crippen molar-refractivity contribution in [3.8, 4) is 17.1 Å². The Bertz CT molecular complexity index is 960. The summed E-state index contributed by atoms with van der Waals surface area (Å²) in [5.74, 6) is 0.525. The van der Waals surface area contributed by atoms with Crippen LogP contribution in [-0.4, -0.2) is 9.55 Å². The third kappa shape index (κ3) is 2.34. The molecule has 0 amide bonds. The lowest BCUT2D eigenvalue weighted by molar-refractivity contribution is 0.620. The van der Waals surface area contributed by atoms with Crippen molar-refractivity contribution < 1.29 is 4.42 Å². The summed E-state index contributed by atoms with van der Waals surface area (Å²) < 4.78 is 8.78. The van der Waals surface area contributed by atoms with Crippen LogP contribution >= 0.6 is 27.5 Å². The maximum Gasteiger partial charge on any atom is 0.228 e. The number of hydrogen-bond donors (Lipinski definition) is 0. The highest BCUT2D eigenvalue weighted by molar-refractivity contribution is 9.10. The molecule has 108 valence electrons. The highest BCUT2D eigenvalue weighted by Gasteiger charge is 2.12. The summed E-state index contributed by atoms with van der Waals surface area (Å²) in [5.41, 5.74) is 3.37. The van der Waals surface area contributed by atoms with E-state index in [0.717, 1.165) is 26.8 Å². The van der Waals surface area contributed by atoms with Crippen molar-refractivity contribution in [1.29, 1.82) is 0 Å². The van der Waals surface area contributed by atoms with Gasteiger partial charge in [0.2, 0.25) is 5.89 Å². The minimum absolute atomic E-state index is 0.525. The van der Waals surface area contributed by atoms with Crippen LogP contribution < -0.4 is 0 Å². The van der Waals surface area contributed by atoms with Crippen LogP contribution in [0.15, 0.2) is 69.8 Å². The van der Waals surface area contributed by atoms with Gasteiger partial charge in [0.05, 0.1) is 10.6 Å². The molecule has 22 heavy (non-hydrogen) atoms. The van der Waals surface area contributed by atoms with Crippen LogP contribution in [0.3, 0.4) is 0 Å². The van der Waals surface area contributed by atoms with Crippen molar-refractivity contribution >= 4 is 38.6 Å². The average Bonchev–Trinajstić information content (AvgIpc) is 3.15. The first-order valence-corrected chi connectivity index (χ1v) is 7.87. The fourth-order valence-corrected chi connectivity index (χ4v) is 3.12. The highest BCUT2D eigenvalue weighted by atomic mass is 79.9. The predicted octanol–water partition coefficient (Wildman–Crippen LogP) is 5.70. The molecule has 0 radical (unpaired) electrons. The van der Waals surface area contributed by atoms with E-state index in [1.165, 1.54) is 0 Å². The average molecular weight is 374 g/mol. The summed E-state index contributed by atoms with van der Waals surface area (Å²) in [6, 6.07) is 15.5. The molecular weight excluding hydrogens is 364 g/mol. The fourth-order valence-electron chi connectivity index (χ4n) is 2.36. The minimum Gasteiger partial charge on any atom is -0.436 e. The second-order valence-electron chi connectivity index (χ2n) is 4.89. The van der Waals surface area contributed by atoms with Crippen LogP contribution in [0.5, 0.6) is 0 Å². The third-order valence-electron chi connectivity index (χ3n) is 3.44. The Kier molecular flexibility index (Phi) is 3.28. The number of fused-ring (bicyclic) bond motifs is 1. The first-order valence-electron chi connectivity index (χ1n) is 6.70. The summed E-state index contributed by atoms with van der Waals surface area (Å²) in [7, 11) is 0. The van der Waals surface area contributed by atoms with Crippen molar-refractivity contribution in [3.05, 3.63) is 70.4 Å². The zero-order valence-electron chi connectivity index (χ0n) is 11.3. The fraction of sp³-hybridized carbons (Fsp3) is 0. The van der Waals surface area contributed by atoms with E-state index in [4.69, 9.17) is 16.0 Å². The summed E-state index contributed by atoms with van der Waals surface area (Å²) in [6.07, 6.45) is 3.99. The smallest absolute Gasteiger partial charge is 0.228 e. The molecule has 0 atom stereocenters. The van der Waals surface area contributed by atoms with Crippen molar-refractivity contribution in [2.24, 2.45) is 0 Å².